The summed E-state index contributed by atoms with van der Waals surface area (Å²) in [6, 6.07) is 19.1. The molecular weight excluding hydrogens is 777 g/mol. The highest BCUT2D eigenvalue weighted by Gasteiger charge is 2.32. The Kier molecular flexibility index (Phi) is 17.2. The van der Waals surface area contributed by atoms with E-state index in [0.29, 0.717) is 11.3 Å². The van der Waals surface area contributed by atoms with E-state index in [1.54, 1.807) is 101 Å². The smallest absolute Gasteiger partial charge is 0.408 e. The van der Waals surface area contributed by atoms with Gasteiger partial charge in [0.25, 0.3) is 0 Å². The number of amides is 4. The molecule has 0 radical (unpaired) electrons. The predicted molar refractivity (Wildman–Crippen MR) is 224 cm³/mol. The van der Waals surface area contributed by atoms with Gasteiger partial charge in [-0.3, -0.25) is 19.2 Å². The average molecular weight is 835 g/mol. The van der Waals surface area contributed by atoms with Gasteiger partial charge in [0.15, 0.2) is 9.84 Å². The van der Waals surface area contributed by atoms with Gasteiger partial charge in [-0.15, -0.1) is 0 Å². The Morgan fingerprint density at radius 1 is 0.678 bits per heavy atom. The van der Waals surface area contributed by atoms with Crippen LogP contribution < -0.4 is 26.0 Å². The highest BCUT2D eigenvalue weighted by atomic mass is 32.2. The van der Waals surface area contributed by atoms with Crippen LogP contribution >= 0.6 is 0 Å². The van der Waals surface area contributed by atoms with Crippen molar-refractivity contribution in [1.82, 2.24) is 21.3 Å². The summed E-state index contributed by atoms with van der Waals surface area (Å²) in [7, 11) is -3.93. The van der Waals surface area contributed by atoms with Crippen molar-refractivity contribution in [3.8, 4) is 5.75 Å². The largest absolute Gasteiger partial charge is 0.488 e. The van der Waals surface area contributed by atoms with Crippen molar-refractivity contribution in [1.29, 1.82) is 0 Å². The molecule has 0 aliphatic heterocycles. The zero-order valence-electron chi connectivity index (χ0n) is 35.2. The van der Waals surface area contributed by atoms with Crippen molar-refractivity contribution in [2.75, 3.05) is 0 Å². The molecule has 3 rings (SSSR count). The van der Waals surface area contributed by atoms with Gasteiger partial charge in [-0.25, -0.2) is 13.2 Å². The van der Waals surface area contributed by atoms with E-state index in [2.05, 4.69) is 21.3 Å². The number of ether oxygens (including phenoxy) is 3. The van der Waals surface area contributed by atoms with Crippen molar-refractivity contribution >= 4 is 39.6 Å². The second kappa shape index (κ2) is 21.3. The maximum absolute atomic E-state index is 13.9. The number of sulfone groups is 1. The van der Waals surface area contributed by atoms with Crippen LogP contribution in [0.1, 0.15) is 79.9 Å². The molecule has 0 aromatic heterocycles. The van der Waals surface area contributed by atoms with Crippen LogP contribution in [-0.2, 0) is 51.5 Å². The van der Waals surface area contributed by atoms with E-state index in [4.69, 9.17) is 14.2 Å². The summed E-state index contributed by atoms with van der Waals surface area (Å²) in [5.41, 5.74) is 0.170. The van der Waals surface area contributed by atoms with Crippen molar-refractivity contribution in [3.05, 3.63) is 108 Å². The molecule has 0 saturated heterocycles. The van der Waals surface area contributed by atoms with Gasteiger partial charge in [0.2, 0.25) is 17.7 Å². The molecule has 3 aromatic rings. The lowest BCUT2D eigenvalue weighted by Crippen LogP contribution is -2.58. The highest BCUT2D eigenvalue weighted by Crippen LogP contribution is 2.20. The molecule has 4 amide bonds. The molecular formula is C44H58N4O10S. The molecule has 3 aromatic carbocycles. The highest BCUT2D eigenvalue weighted by molar-refractivity contribution is 7.94. The first kappa shape index (κ1) is 47.7. The lowest BCUT2D eigenvalue weighted by Gasteiger charge is -2.27. The first-order chi connectivity index (χ1) is 27.5. The monoisotopic (exact) mass is 834 g/mol. The molecule has 4 N–H and O–H groups in total. The number of alkyl carbamates (subject to hydrolysis) is 1. The summed E-state index contributed by atoms with van der Waals surface area (Å²) in [6.07, 6.45) is -0.0215. The number of carbonyl (C=O) groups is 5. The maximum atomic E-state index is 13.9. The maximum Gasteiger partial charge on any atom is 0.408 e. The van der Waals surface area contributed by atoms with Gasteiger partial charge in [0.1, 0.15) is 41.7 Å². The zero-order valence-corrected chi connectivity index (χ0v) is 36.1. The van der Waals surface area contributed by atoms with Crippen LogP contribution in [0.15, 0.2) is 101 Å². The molecule has 0 spiro atoms. The summed E-state index contributed by atoms with van der Waals surface area (Å²) >= 11 is 0. The fraction of sp³-hybridized carbons (Fsp3) is 0.432. The average Bonchev–Trinajstić information content (AvgIpc) is 3.14. The minimum Gasteiger partial charge on any atom is -0.488 e. The van der Waals surface area contributed by atoms with Gasteiger partial charge in [-0.05, 0) is 95.9 Å². The van der Waals surface area contributed by atoms with Crippen molar-refractivity contribution in [2.45, 2.75) is 122 Å². The van der Waals surface area contributed by atoms with Gasteiger partial charge in [-0.2, -0.15) is 0 Å². The summed E-state index contributed by atoms with van der Waals surface area (Å²) in [6.45, 7) is 15.6. The molecule has 0 unspecified atom stereocenters. The molecule has 59 heavy (non-hydrogen) atoms. The molecule has 0 aliphatic carbocycles. The lowest BCUT2D eigenvalue weighted by atomic mass is 10.0. The number of nitrogens with one attached hydrogen (secondary N) is 4. The predicted octanol–water partition coefficient (Wildman–Crippen LogP) is 5.55. The quantitative estimate of drug-likeness (QED) is 0.118. The number of hydrogen-bond donors (Lipinski definition) is 4. The second-order valence-corrected chi connectivity index (χ2v) is 18.2. The van der Waals surface area contributed by atoms with Crippen LogP contribution in [0.4, 0.5) is 4.79 Å². The minimum atomic E-state index is -3.93. The topological polar surface area (TPSA) is 195 Å². The van der Waals surface area contributed by atoms with E-state index in [1.165, 1.54) is 25.1 Å². The molecule has 320 valence electrons. The van der Waals surface area contributed by atoms with Gasteiger partial charge >= 0.3 is 12.1 Å². The van der Waals surface area contributed by atoms with Crippen LogP contribution in [0.2, 0.25) is 0 Å². The van der Waals surface area contributed by atoms with Gasteiger partial charge in [0.05, 0.1) is 17.4 Å². The molecule has 0 heterocycles. The Morgan fingerprint density at radius 2 is 1.27 bits per heavy atom. The van der Waals surface area contributed by atoms with Gasteiger partial charge in [0, 0.05) is 11.8 Å². The number of hydrogen-bond acceptors (Lipinski definition) is 10. The van der Waals surface area contributed by atoms with Crippen molar-refractivity contribution in [2.24, 2.45) is 5.92 Å². The van der Waals surface area contributed by atoms with E-state index in [9.17, 15) is 32.4 Å². The molecule has 0 aliphatic rings. The molecule has 0 fully saturated rings. The Balaban J connectivity index is 1.76. The van der Waals surface area contributed by atoms with E-state index < -0.39 is 87.3 Å². The summed E-state index contributed by atoms with van der Waals surface area (Å²) in [5, 5.41) is 11.5. The normalized spacial score (nSPS) is 14.0. The SMILES string of the molecule is CC(C)[C@H](NC(=O)[C@H](Cc1ccc(OC(C)(C)C)cc1)NC(=O)OCc1ccccc1)C(=O)N[C@@H](C)C(=O)N[C@H](/C=C/S(=O)(=O)c1ccccc1)CC(=O)OC(C)(C)C. The summed E-state index contributed by atoms with van der Waals surface area (Å²) in [5.74, 6) is -2.65. The zero-order chi connectivity index (χ0) is 44.0. The summed E-state index contributed by atoms with van der Waals surface area (Å²) in [4.78, 5) is 66.8. The fourth-order valence-electron chi connectivity index (χ4n) is 5.48. The number of rotatable bonds is 18. The molecule has 15 heteroatoms. The second-order valence-electron chi connectivity index (χ2n) is 16.4. The van der Waals surface area contributed by atoms with Crippen LogP contribution in [0.25, 0.3) is 0 Å². The van der Waals surface area contributed by atoms with E-state index >= 15 is 0 Å². The standard InChI is InChI=1S/C44H58N4O10S/c1-29(2)38(41(52)45-30(3)39(50)46-33(27-37(49)58-44(7,8)9)24-25-59(54,55)35-18-14-11-15-19-35)48-40(51)36(47-42(53)56-28-32-16-12-10-13-17-32)26-31-20-22-34(23-21-31)57-43(4,5)6/h10-25,29-30,33,36,38H,26-28H2,1-9H3,(H,45,52)(H,46,50)(H,47,53)(H,48,51)/b25-24+/t30-,33+,36-,38-/m0/s1. The third-order valence-corrected chi connectivity index (χ3v) is 9.75. The molecule has 14 nitrogen and oxygen atoms in total. The van der Waals surface area contributed by atoms with Crippen molar-refractivity contribution < 1.29 is 46.6 Å². The van der Waals surface area contributed by atoms with Crippen molar-refractivity contribution in [3.63, 3.8) is 0 Å². The molecule has 0 saturated carbocycles. The Bertz CT molecular complexity index is 2010. The van der Waals surface area contributed by atoms with Gasteiger partial charge in [-0.1, -0.05) is 74.5 Å². The minimum absolute atomic E-state index is 0.0196. The van der Waals surface area contributed by atoms with Crippen LogP contribution in [0.3, 0.4) is 0 Å². The first-order valence-electron chi connectivity index (χ1n) is 19.4. The van der Waals surface area contributed by atoms with E-state index in [0.717, 1.165) is 11.0 Å². The number of esters is 1. The van der Waals surface area contributed by atoms with E-state index in [1.807, 2.05) is 26.8 Å². The van der Waals surface area contributed by atoms with Crippen LogP contribution in [0, 0.1) is 5.92 Å². The van der Waals surface area contributed by atoms with E-state index in [-0.39, 0.29) is 17.9 Å². The summed E-state index contributed by atoms with van der Waals surface area (Å²) < 4.78 is 42.6. The Labute approximate surface area is 347 Å². The third-order valence-electron chi connectivity index (χ3n) is 8.30. The Hall–Kier alpha value is -5.70. The lowest BCUT2D eigenvalue weighted by molar-refractivity contribution is -0.155. The number of benzene rings is 3. The Morgan fingerprint density at radius 3 is 1.83 bits per heavy atom. The van der Waals surface area contributed by atoms with Crippen LogP contribution in [-0.4, -0.2) is 73.6 Å². The third kappa shape index (κ3) is 17.4. The fourth-order valence-corrected chi connectivity index (χ4v) is 6.57. The van der Waals surface area contributed by atoms with Crippen LogP contribution in [0.5, 0.6) is 5.75 Å². The first-order valence-corrected chi connectivity index (χ1v) is 20.9. The number of carbonyl (C=O) groups excluding carboxylic acids is 5. The molecule has 0 bridgehead atoms. The molecule has 4 atom stereocenters. The van der Waals surface area contributed by atoms with Gasteiger partial charge < -0.3 is 35.5 Å².